The van der Waals surface area contributed by atoms with Crippen LogP contribution in [-0.2, 0) is 13.1 Å². The lowest BCUT2D eigenvalue weighted by atomic mass is 10.2. The van der Waals surface area contributed by atoms with Crippen molar-refractivity contribution >= 4 is 0 Å². The van der Waals surface area contributed by atoms with Gasteiger partial charge in [-0.1, -0.05) is 32.1 Å². The Morgan fingerprint density at radius 1 is 1.26 bits per heavy atom. The zero-order valence-electron chi connectivity index (χ0n) is 14.2. The molecule has 0 saturated heterocycles. The molecular formula is C19H25N3O. The molecule has 1 heterocycles. The van der Waals surface area contributed by atoms with Crippen molar-refractivity contribution < 1.29 is 4.74 Å². The molecule has 0 aliphatic carbocycles. The van der Waals surface area contributed by atoms with Crippen LogP contribution in [0.15, 0.2) is 49.2 Å². The Kier molecular flexibility index (Phi) is 6.29. The van der Waals surface area contributed by atoms with Crippen molar-refractivity contribution in [3.63, 3.8) is 0 Å². The molecule has 2 aromatic rings. The van der Waals surface area contributed by atoms with Crippen molar-refractivity contribution in [2.75, 3.05) is 13.7 Å². The lowest BCUT2D eigenvalue weighted by Gasteiger charge is -2.21. The largest absolute Gasteiger partial charge is 0.497 e. The molecule has 0 N–H and O–H groups in total. The summed E-state index contributed by atoms with van der Waals surface area (Å²) in [6.07, 6.45) is 3.76. The molecule has 0 bridgehead atoms. The van der Waals surface area contributed by atoms with E-state index in [9.17, 15) is 0 Å². The predicted octanol–water partition coefficient (Wildman–Crippen LogP) is 3.80. The van der Waals surface area contributed by atoms with E-state index in [1.54, 1.807) is 7.11 Å². The van der Waals surface area contributed by atoms with E-state index in [-0.39, 0.29) is 0 Å². The van der Waals surface area contributed by atoms with E-state index in [1.807, 2.05) is 30.5 Å². The molecule has 1 aromatic carbocycles. The van der Waals surface area contributed by atoms with Crippen LogP contribution in [0, 0.1) is 0 Å². The van der Waals surface area contributed by atoms with Crippen molar-refractivity contribution in [3.8, 4) is 5.75 Å². The number of benzene rings is 1. The quantitative estimate of drug-likeness (QED) is 0.695. The van der Waals surface area contributed by atoms with Crippen LogP contribution in [0.3, 0.4) is 0 Å². The number of hydrogen-bond donors (Lipinski definition) is 0. The monoisotopic (exact) mass is 311 g/mol. The Labute approximate surface area is 138 Å². The molecule has 0 atom stereocenters. The van der Waals surface area contributed by atoms with Gasteiger partial charge in [0.2, 0.25) is 0 Å². The molecule has 0 unspecified atom stereocenters. The first-order valence-electron chi connectivity index (χ1n) is 7.90. The molecule has 0 fully saturated rings. The van der Waals surface area contributed by atoms with Crippen LogP contribution in [-0.4, -0.2) is 28.5 Å². The van der Waals surface area contributed by atoms with E-state index >= 15 is 0 Å². The summed E-state index contributed by atoms with van der Waals surface area (Å²) in [5.74, 6) is 2.11. The Bertz CT molecular complexity index is 640. The maximum atomic E-state index is 5.30. The molecule has 0 spiro atoms. The van der Waals surface area contributed by atoms with Gasteiger partial charge in [0.15, 0.2) is 0 Å². The molecular weight excluding hydrogens is 286 g/mol. The summed E-state index contributed by atoms with van der Waals surface area (Å²) in [5, 5.41) is 0. The van der Waals surface area contributed by atoms with Gasteiger partial charge in [-0.3, -0.25) is 4.90 Å². The number of aromatic nitrogens is 2. The van der Waals surface area contributed by atoms with E-state index in [0.29, 0.717) is 5.92 Å². The summed E-state index contributed by atoms with van der Waals surface area (Å²) in [4.78, 5) is 11.3. The van der Waals surface area contributed by atoms with Gasteiger partial charge in [0, 0.05) is 31.7 Å². The van der Waals surface area contributed by atoms with Gasteiger partial charge in [-0.15, -0.1) is 6.58 Å². The fraction of sp³-hybridized carbons (Fsp3) is 0.368. The molecule has 4 nitrogen and oxygen atoms in total. The van der Waals surface area contributed by atoms with Gasteiger partial charge in [-0.2, -0.15) is 0 Å². The van der Waals surface area contributed by atoms with Crippen molar-refractivity contribution in [2.45, 2.75) is 32.9 Å². The number of nitrogens with zero attached hydrogens (tertiary/aromatic N) is 3. The summed E-state index contributed by atoms with van der Waals surface area (Å²) in [7, 11) is 1.69. The Balaban J connectivity index is 2.11. The molecule has 0 radical (unpaired) electrons. The Morgan fingerprint density at radius 3 is 2.78 bits per heavy atom. The number of hydrogen-bond acceptors (Lipinski definition) is 4. The molecule has 2 rings (SSSR count). The van der Waals surface area contributed by atoms with Crippen LogP contribution in [0.5, 0.6) is 5.75 Å². The maximum Gasteiger partial charge on any atom is 0.131 e. The third kappa shape index (κ3) is 5.18. The van der Waals surface area contributed by atoms with Crippen molar-refractivity contribution in [2.24, 2.45) is 0 Å². The average molecular weight is 311 g/mol. The zero-order chi connectivity index (χ0) is 16.7. The van der Waals surface area contributed by atoms with Crippen LogP contribution in [0.25, 0.3) is 0 Å². The van der Waals surface area contributed by atoms with Gasteiger partial charge >= 0.3 is 0 Å². The van der Waals surface area contributed by atoms with Gasteiger partial charge in [0.1, 0.15) is 11.6 Å². The third-order valence-corrected chi connectivity index (χ3v) is 3.56. The minimum absolute atomic E-state index is 0.334. The SMILES string of the molecule is C=CCN(Cc1cccc(OC)c1)Cc1ccnc(C(C)C)n1. The molecule has 4 heteroatoms. The van der Waals surface area contributed by atoms with E-state index in [4.69, 9.17) is 4.74 Å². The summed E-state index contributed by atoms with van der Waals surface area (Å²) in [6, 6.07) is 10.1. The molecule has 0 aliphatic rings. The Morgan fingerprint density at radius 2 is 2.09 bits per heavy atom. The highest BCUT2D eigenvalue weighted by Gasteiger charge is 2.09. The van der Waals surface area contributed by atoms with E-state index in [1.165, 1.54) is 5.56 Å². The minimum atomic E-state index is 0.334. The van der Waals surface area contributed by atoms with E-state index in [2.05, 4.69) is 47.4 Å². The normalized spacial score (nSPS) is 11.0. The summed E-state index contributed by atoms with van der Waals surface area (Å²) < 4.78 is 5.30. The summed E-state index contributed by atoms with van der Waals surface area (Å²) in [6.45, 7) is 10.5. The fourth-order valence-corrected chi connectivity index (χ4v) is 2.40. The second-order valence-corrected chi connectivity index (χ2v) is 5.87. The highest BCUT2D eigenvalue weighted by atomic mass is 16.5. The summed E-state index contributed by atoms with van der Waals surface area (Å²) in [5.41, 5.74) is 2.25. The van der Waals surface area contributed by atoms with Gasteiger partial charge in [-0.25, -0.2) is 9.97 Å². The zero-order valence-corrected chi connectivity index (χ0v) is 14.2. The number of methoxy groups -OCH3 is 1. The number of rotatable bonds is 8. The third-order valence-electron chi connectivity index (χ3n) is 3.56. The number of ether oxygens (including phenoxy) is 1. The Hall–Kier alpha value is -2.20. The van der Waals surface area contributed by atoms with Gasteiger partial charge in [0.05, 0.1) is 12.8 Å². The smallest absolute Gasteiger partial charge is 0.131 e. The topological polar surface area (TPSA) is 38.2 Å². The molecule has 122 valence electrons. The van der Waals surface area contributed by atoms with Crippen LogP contribution in [0.1, 0.15) is 36.8 Å². The van der Waals surface area contributed by atoms with Crippen LogP contribution < -0.4 is 4.74 Å². The van der Waals surface area contributed by atoms with Crippen molar-refractivity contribution in [3.05, 3.63) is 66.3 Å². The van der Waals surface area contributed by atoms with Crippen molar-refractivity contribution in [1.29, 1.82) is 0 Å². The minimum Gasteiger partial charge on any atom is -0.497 e. The van der Waals surface area contributed by atoms with Crippen LogP contribution in [0.2, 0.25) is 0 Å². The molecule has 0 saturated carbocycles. The highest BCUT2D eigenvalue weighted by molar-refractivity contribution is 5.28. The first-order valence-corrected chi connectivity index (χ1v) is 7.90. The molecule has 1 aromatic heterocycles. The average Bonchev–Trinajstić information content (AvgIpc) is 2.55. The maximum absolute atomic E-state index is 5.30. The molecule has 0 amide bonds. The van der Waals surface area contributed by atoms with Crippen molar-refractivity contribution in [1.82, 2.24) is 14.9 Å². The van der Waals surface area contributed by atoms with Crippen LogP contribution >= 0.6 is 0 Å². The van der Waals surface area contributed by atoms with Gasteiger partial charge in [0.25, 0.3) is 0 Å². The van der Waals surface area contributed by atoms with Crippen LogP contribution in [0.4, 0.5) is 0 Å². The van der Waals surface area contributed by atoms with Gasteiger partial charge < -0.3 is 4.74 Å². The summed E-state index contributed by atoms with van der Waals surface area (Å²) >= 11 is 0. The second-order valence-electron chi connectivity index (χ2n) is 5.87. The first-order chi connectivity index (χ1) is 11.1. The molecule has 23 heavy (non-hydrogen) atoms. The predicted molar refractivity (Wildman–Crippen MR) is 93.4 cm³/mol. The van der Waals surface area contributed by atoms with E-state index < -0.39 is 0 Å². The second kappa shape index (κ2) is 8.44. The molecule has 0 aliphatic heterocycles. The lowest BCUT2D eigenvalue weighted by molar-refractivity contribution is 0.281. The van der Waals surface area contributed by atoms with Gasteiger partial charge in [-0.05, 0) is 23.8 Å². The lowest BCUT2D eigenvalue weighted by Crippen LogP contribution is -2.23. The standard InChI is InChI=1S/C19H25N3O/c1-5-11-22(13-16-7-6-8-18(12-16)23-4)14-17-9-10-20-19(21-17)15(2)3/h5-10,12,15H,1,11,13-14H2,2-4H3. The van der Waals surface area contributed by atoms with E-state index in [0.717, 1.165) is 36.9 Å². The highest BCUT2D eigenvalue weighted by Crippen LogP contribution is 2.16. The fourth-order valence-electron chi connectivity index (χ4n) is 2.40. The first kappa shape index (κ1) is 17.2.